The van der Waals surface area contributed by atoms with Crippen molar-refractivity contribution in [1.29, 1.82) is 0 Å². The van der Waals surface area contributed by atoms with Crippen LogP contribution in [-0.4, -0.2) is 21.9 Å². The lowest BCUT2D eigenvalue weighted by Gasteiger charge is -2.25. The predicted molar refractivity (Wildman–Crippen MR) is 73.4 cm³/mol. The van der Waals surface area contributed by atoms with E-state index in [9.17, 15) is 0 Å². The van der Waals surface area contributed by atoms with Gasteiger partial charge in [-0.2, -0.15) is 0 Å². The number of nitrogens with zero attached hydrogens (tertiary/aromatic N) is 3. The van der Waals surface area contributed by atoms with E-state index in [1.54, 1.807) is 18.6 Å². The van der Waals surface area contributed by atoms with Gasteiger partial charge in [-0.1, -0.05) is 17.7 Å². The molecule has 18 heavy (non-hydrogen) atoms. The van der Waals surface area contributed by atoms with Crippen LogP contribution in [0.15, 0.2) is 43.0 Å². The Hall–Kier alpha value is -1.45. The van der Waals surface area contributed by atoms with Crippen molar-refractivity contribution in [3.63, 3.8) is 0 Å². The third kappa shape index (κ3) is 3.06. The van der Waals surface area contributed by atoms with Crippen molar-refractivity contribution in [2.75, 3.05) is 7.05 Å². The highest BCUT2D eigenvalue weighted by molar-refractivity contribution is 6.31. The van der Waals surface area contributed by atoms with Crippen molar-refractivity contribution in [2.45, 2.75) is 19.5 Å². The van der Waals surface area contributed by atoms with Crippen LogP contribution in [0.2, 0.25) is 5.02 Å². The average Bonchev–Trinajstić information content (AvgIpc) is 2.41. The molecule has 0 bridgehead atoms. The fourth-order valence-corrected chi connectivity index (χ4v) is 1.99. The summed E-state index contributed by atoms with van der Waals surface area (Å²) >= 11 is 6.12. The number of hydrogen-bond donors (Lipinski definition) is 0. The second-order valence-electron chi connectivity index (χ2n) is 4.34. The second kappa shape index (κ2) is 5.94. The van der Waals surface area contributed by atoms with E-state index in [2.05, 4.69) is 34.9 Å². The minimum absolute atomic E-state index is 0.294. The fraction of sp³-hybridized carbons (Fsp3) is 0.286. The molecule has 2 heterocycles. The van der Waals surface area contributed by atoms with Gasteiger partial charge in [0.05, 0.1) is 5.02 Å². The van der Waals surface area contributed by atoms with Gasteiger partial charge in [0.2, 0.25) is 0 Å². The van der Waals surface area contributed by atoms with Crippen LogP contribution < -0.4 is 0 Å². The molecule has 2 rings (SSSR count). The molecule has 3 nitrogen and oxygen atoms in total. The molecule has 0 amide bonds. The van der Waals surface area contributed by atoms with Crippen molar-refractivity contribution >= 4 is 11.6 Å². The van der Waals surface area contributed by atoms with Gasteiger partial charge in [0.15, 0.2) is 0 Å². The van der Waals surface area contributed by atoms with Gasteiger partial charge >= 0.3 is 0 Å². The van der Waals surface area contributed by atoms with Gasteiger partial charge in [-0.15, -0.1) is 0 Å². The SMILES string of the molecule is C[C@H](c1cccnc1)N(C)Cc1ccncc1Cl. The van der Waals surface area contributed by atoms with Gasteiger partial charge < -0.3 is 0 Å². The molecule has 0 fully saturated rings. The topological polar surface area (TPSA) is 29.0 Å². The lowest BCUT2D eigenvalue weighted by Crippen LogP contribution is -2.22. The zero-order chi connectivity index (χ0) is 13.0. The van der Waals surface area contributed by atoms with E-state index in [1.165, 1.54) is 5.56 Å². The molecule has 0 saturated heterocycles. The molecule has 0 spiro atoms. The minimum Gasteiger partial charge on any atom is -0.295 e. The van der Waals surface area contributed by atoms with Gasteiger partial charge in [-0.3, -0.25) is 14.9 Å². The summed E-state index contributed by atoms with van der Waals surface area (Å²) in [5.74, 6) is 0. The predicted octanol–water partition coefficient (Wildman–Crippen LogP) is 3.32. The van der Waals surface area contributed by atoms with E-state index >= 15 is 0 Å². The Labute approximate surface area is 112 Å². The summed E-state index contributed by atoms with van der Waals surface area (Å²) in [6.45, 7) is 2.95. The van der Waals surface area contributed by atoms with Gasteiger partial charge in [-0.05, 0) is 37.2 Å². The summed E-state index contributed by atoms with van der Waals surface area (Å²) in [6.07, 6.45) is 7.13. The zero-order valence-corrected chi connectivity index (χ0v) is 11.3. The zero-order valence-electron chi connectivity index (χ0n) is 10.5. The van der Waals surface area contributed by atoms with Gasteiger partial charge in [0, 0.05) is 37.4 Å². The van der Waals surface area contributed by atoms with Gasteiger partial charge in [0.1, 0.15) is 0 Å². The van der Waals surface area contributed by atoms with E-state index in [-0.39, 0.29) is 0 Å². The monoisotopic (exact) mass is 261 g/mol. The quantitative estimate of drug-likeness (QED) is 0.845. The minimum atomic E-state index is 0.294. The normalized spacial score (nSPS) is 12.7. The Bertz CT molecular complexity index is 501. The maximum Gasteiger partial charge on any atom is 0.0634 e. The van der Waals surface area contributed by atoms with Crippen LogP contribution in [-0.2, 0) is 6.54 Å². The number of rotatable bonds is 4. The van der Waals surface area contributed by atoms with Crippen molar-refractivity contribution in [3.05, 3.63) is 59.1 Å². The third-order valence-corrected chi connectivity index (χ3v) is 3.44. The second-order valence-corrected chi connectivity index (χ2v) is 4.75. The summed E-state index contributed by atoms with van der Waals surface area (Å²) in [5.41, 5.74) is 2.29. The standard InChI is InChI=1S/C14H16ClN3/c1-11(12-4-3-6-16-8-12)18(2)10-13-5-7-17-9-14(13)15/h3-9,11H,10H2,1-2H3/t11-/m1/s1. The maximum absolute atomic E-state index is 6.12. The molecule has 4 heteroatoms. The van der Waals surface area contributed by atoms with Crippen LogP contribution in [0.4, 0.5) is 0 Å². The molecule has 0 aliphatic carbocycles. The summed E-state index contributed by atoms with van der Waals surface area (Å²) < 4.78 is 0. The lowest BCUT2D eigenvalue weighted by atomic mass is 10.1. The van der Waals surface area contributed by atoms with Crippen LogP contribution in [0, 0.1) is 0 Å². The average molecular weight is 262 g/mol. The van der Waals surface area contributed by atoms with Crippen LogP contribution >= 0.6 is 11.6 Å². The maximum atomic E-state index is 6.12. The summed E-state index contributed by atoms with van der Waals surface area (Å²) in [7, 11) is 2.08. The molecule has 2 aromatic heterocycles. The molecule has 0 N–H and O–H groups in total. The van der Waals surface area contributed by atoms with Crippen molar-refractivity contribution in [2.24, 2.45) is 0 Å². The lowest BCUT2D eigenvalue weighted by molar-refractivity contribution is 0.252. The van der Waals surface area contributed by atoms with E-state index in [0.29, 0.717) is 11.1 Å². The number of hydrogen-bond acceptors (Lipinski definition) is 3. The van der Waals surface area contributed by atoms with E-state index in [4.69, 9.17) is 11.6 Å². The number of halogens is 1. The molecule has 0 unspecified atom stereocenters. The van der Waals surface area contributed by atoms with Gasteiger partial charge in [-0.25, -0.2) is 0 Å². The van der Waals surface area contributed by atoms with E-state index in [1.807, 2.05) is 18.3 Å². The number of aromatic nitrogens is 2. The van der Waals surface area contributed by atoms with Crippen LogP contribution in [0.1, 0.15) is 24.1 Å². The van der Waals surface area contributed by atoms with E-state index < -0.39 is 0 Å². The molecule has 2 aromatic rings. The largest absolute Gasteiger partial charge is 0.295 e. The fourth-order valence-electron chi connectivity index (χ4n) is 1.82. The Morgan fingerprint density at radius 2 is 2.00 bits per heavy atom. The molecule has 0 saturated carbocycles. The summed E-state index contributed by atoms with van der Waals surface area (Å²) in [6, 6.07) is 6.29. The van der Waals surface area contributed by atoms with Gasteiger partial charge in [0.25, 0.3) is 0 Å². The molecule has 94 valence electrons. The highest BCUT2D eigenvalue weighted by atomic mass is 35.5. The molecule has 0 aliphatic rings. The van der Waals surface area contributed by atoms with Crippen LogP contribution in [0.25, 0.3) is 0 Å². The first-order chi connectivity index (χ1) is 8.68. The Morgan fingerprint density at radius 1 is 1.22 bits per heavy atom. The molecule has 0 aliphatic heterocycles. The van der Waals surface area contributed by atoms with Crippen molar-refractivity contribution in [3.8, 4) is 0 Å². The van der Waals surface area contributed by atoms with E-state index in [0.717, 1.165) is 12.1 Å². The molecule has 0 radical (unpaired) electrons. The first-order valence-electron chi connectivity index (χ1n) is 5.87. The molecular weight excluding hydrogens is 246 g/mol. The number of pyridine rings is 2. The Morgan fingerprint density at radius 3 is 2.67 bits per heavy atom. The third-order valence-electron chi connectivity index (χ3n) is 3.10. The molecular formula is C14H16ClN3. The summed E-state index contributed by atoms with van der Waals surface area (Å²) in [5, 5.41) is 0.711. The Kier molecular flexibility index (Phi) is 4.28. The highest BCUT2D eigenvalue weighted by Gasteiger charge is 2.13. The van der Waals surface area contributed by atoms with Crippen LogP contribution in [0.5, 0.6) is 0 Å². The molecule has 1 atom stereocenters. The highest BCUT2D eigenvalue weighted by Crippen LogP contribution is 2.22. The smallest absolute Gasteiger partial charge is 0.0634 e. The van der Waals surface area contributed by atoms with Crippen molar-refractivity contribution < 1.29 is 0 Å². The molecule has 0 aromatic carbocycles. The summed E-state index contributed by atoms with van der Waals surface area (Å²) in [4.78, 5) is 10.4. The van der Waals surface area contributed by atoms with Crippen LogP contribution in [0.3, 0.4) is 0 Å². The first-order valence-corrected chi connectivity index (χ1v) is 6.25. The first kappa shape index (κ1) is 13.0. The van der Waals surface area contributed by atoms with Crippen molar-refractivity contribution in [1.82, 2.24) is 14.9 Å². The Balaban J connectivity index is 2.09.